The average Bonchev–Trinajstić information content (AvgIpc) is 2.89. The minimum Gasteiger partial charge on any atom is -0.490 e. The Kier molecular flexibility index (Phi) is 4.64. The van der Waals surface area contributed by atoms with Gasteiger partial charge >= 0.3 is 0 Å². The highest BCUT2D eigenvalue weighted by molar-refractivity contribution is 5.90. The lowest BCUT2D eigenvalue weighted by Gasteiger charge is -2.23. The topological polar surface area (TPSA) is 57.3 Å². The van der Waals surface area contributed by atoms with Gasteiger partial charge in [0.2, 0.25) is 0 Å². The fourth-order valence-electron chi connectivity index (χ4n) is 3.22. The van der Waals surface area contributed by atoms with E-state index in [1.54, 1.807) is 0 Å². The smallest absolute Gasteiger partial charge is 0.129 e. The Morgan fingerprint density at radius 3 is 2.83 bits per heavy atom. The van der Waals surface area contributed by atoms with Crippen molar-refractivity contribution in [3.05, 3.63) is 29.5 Å². The molecule has 0 bridgehead atoms. The van der Waals surface area contributed by atoms with Gasteiger partial charge in [-0.1, -0.05) is 6.07 Å². The van der Waals surface area contributed by atoms with Crippen LogP contribution in [0.25, 0.3) is 10.9 Å². The lowest BCUT2D eigenvalue weighted by atomic mass is 9.95. The van der Waals surface area contributed by atoms with E-state index in [1.165, 1.54) is 29.5 Å². The molecule has 2 aromatic rings. The second-order valence-corrected chi connectivity index (χ2v) is 7.56. The Balaban J connectivity index is 1.72. The lowest BCUT2D eigenvalue weighted by Crippen LogP contribution is -2.42. The van der Waals surface area contributed by atoms with Gasteiger partial charge in [0, 0.05) is 28.7 Å². The van der Waals surface area contributed by atoms with Crippen LogP contribution in [0.5, 0.6) is 5.75 Å². The molecule has 1 aromatic heterocycles. The van der Waals surface area contributed by atoms with Crippen molar-refractivity contribution in [3.63, 3.8) is 0 Å². The molecule has 0 fully saturated rings. The lowest BCUT2D eigenvalue weighted by molar-refractivity contribution is 0.101. The predicted molar refractivity (Wildman–Crippen MR) is 94.2 cm³/mol. The number of ether oxygens (including phenoxy) is 1. The molecule has 1 unspecified atom stereocenters. The maximum atomic E-state index is 10.1. The molecule has 1 atom stereocenters. The average molecular weight is 316 g/mol. The van der Waals surface area contributed by atoms with Crippen LogP contribution in [-0.2, 0) is 12.8 Å². The van der Waals surface area contributed by atoms with Crippen LogP contribution in [-0.4, -0.2) is 34.9 Å². The monoisotopic (exact) mass is 316 g/mol. The number of aromatic nitrogens is 1. The number of aliphatic hydroxyl groups is 1. The number of fused-ring (bicyclic) bond motifs is 3. The summed E-state index contributed by atoms with van der Waals surface area (Å²) in [7, 11) is 0. The number of nitrogens with one attached hydrogen (secondary N) is 2. The highest BCUT2D eigenvalue weighted by Crippen LogP contribution is 2.35. The molecule has 4 nitrogen and oxygen atoms in total. The molecular weight excluding hydrogens is 288 g/mol. The van der Waals surface area contributed by atoms with Crippen LogP contribution in [0, 0.1) is 0 Å². The summed E-state index contributed by atoms with van der Waals surface area (Å²) in [6, 6.07) is 6.13. The number of rotatable bonds is 5. The van der Waals surface area contributed by atoms with Gasteiger partial charge in [0.05, 0.1) is 0 Å². The van der Waals surface area contributed by atoms with Crippen molar-refractivity contribution in [1.82, 2.24) is 10.3 Å². The minimum absolute atomic E-state index is 0.000699. The molecule has 0 amide bonds. The second-order valence-electron chi connectivity index (χ2n) is 7.56. The molecule has 1 aliphatic rings. The molecule has 1 aliphatic carbocycles. The number of β-amino-alcohol motifs (C(OH)–C–C–N with tert-alkyl or cyclic N) is 1. The summed E-state index contributed by atoms with van der Waals surface area (Å²) in [5.41, 5.74) is 3.92. The first-order chi connectivity index (χ1) is 10.9. The predicted octanol–water partition coefficient (Wildman–Crippen LogP) is 3.17. The first-order valence-corrected chi connectivity index (χ1v) is 8.62. The van der Waals surface area contributed by atoms with Gasteiger partial charge in [-0.15, -0.1) is 0 Å². The summed E-state index contributed by atoms with van der Waals surface area (Å²) >= 11 is 0. The summed E-state index contributed by atoms with van der Waals surface area (Å²) in [6.45, 7) is 7.11. The van der Waals surface area contributed by atoms with Crippen molar-refractivity contribution in [1.29, 1.82) is 0 Å². The first-order valence-electron chi connectivity index (χ1n) is 8.62. The van der Waals surface area contributed by atoms with E-state index in [1.807, 2.05) is 12.1 Å². The zero-order chi connectivity index (χ0) is 16.4. The van der Waals surface area contributed by atoms with Crippen molar-refractivity contribution < 1.29 is 9.84 Å². The van der Waals surface area contributed by atoms with Gasteiger partial charge in [-0.25, -0.2) is 0 Å². The normalized spacial score (nSPS) is 16.3. The SMILES string of the molecule is CC(C)(C)NCC(O)COc1cccc2[nH]c3c(c12)CCCC3. The Morgan fingerprint density at radius 2 is 2.04 bits per heavy atom. The van der Waals surface area contributed by atoms with Crippen LogP contribution in [0.1, 0.15) is 44.9 Å². The van der Waals surface area contributed by atoms with Crippen molar-refractivity contribution >= 4 is 10.9 Å². The largest absolute Gasteiger partial charge is 0.490 e. The van der Waals surface area contributed by atoms with Crippen molar-refractivity contribution in [2.75, 3.05) is 13.2 Å². The third-order valence-electron chi connectivity index (χ3n) is 4.38. The molecule has 3 rings (SSSR count). The quantitative estimate of drug-likeness (QED) is 0.794. The highest BCUT2D eigenvalue weighted by Gasteiger charge is 2.19. The molecule has 0 radical (unpaired) electrons. The standard InChI is InChI=1S/C19H28N2O2/c1-19(2,3)20-11-13(22)12-23-17-10-6-9-16-18(17)14-7-4-5-8-15(14)21-16/h6,9-10,13,20-22H,4-5,7-8,11-12H2,1-3H3. The van der Waals surface area contributed by atoms with Crippen molar-refractivity contribution in [2.45, 2.75) is 58.1 Å². The summed E-state index contributed by atoms with van der Waals surface area (Å²) < 4.78 is 5.96. The van der Waals surface area contributed by atoms with Gasteiger partial charge in [0.15, 0.2) is 0 Å². The van der Waals surface area contributed by atoms with Gasteiger partial charge < -0.3 is 20.1 Å². The molecule has 0 spiro atoms. The summed E-state index contributed by atoms with van der Waals surface area (Å²) in [4.78, 5) is 3.53. The zero-order valence-corrected chi connectivity index (χ0v) is 14.4. The van der Waals surface area contributed by atoms with Crippen LogP contribution in [0.2, 0.25) is 0 Å². The molecule has 0 aliphatic heterocycles. The fourth-order valence-corrected chi connectivity index (χ4v) is 3.22. The molecule has 0 saturated carbocycles. The van der Waals surface area contributed by atoms with E-state index in [-0.39, 0.29) is 5.54 Å². The van der Waals surface area contributed by atoms with Gasteiger partial charge in [0.25, 0.3) is 0 Å². The van der Waals surface area contributed by atoms with Crippen LogP contribution in [0.15, 0.2) is 18.2 Å². The van der Waals surface area contributed by atoms with E-state index in [0.717, 1.165) is 24.1 Å². The summed E-state index contributed by atoms with van der Waals surface area (Å²) in [5.74, 6) is 0.886. The maximum Gasteiger partial charge on any atom is 0.129 e. The van der Waals surface area contributed by atoms with E-state index >= 15 is 0 Å². The third-order valence-corrected chi connectivity index (χ3v) is 4.38. The van der Waals surface area contributed by atoms with Crippen LogP contribution < -0.4 is 10.1 Å². The third kappa shape index (κ3) is 3.88. The summed E-state index contributed by atoms with van der Waals surface area (Å²) in [6.07, 6.45) is 4.23. The van der Waals surface area contributed by atoms with E-state index in [4.69, 9.17) is 4.74 Å². The van der Waals surface area contributed by atoms with Gasteiger partial charge in [-0.05, 0) is 64.2 Å². The van der Waals surface area contributed by atoms with E-state index < -0.39 is 6.10 Å². The number of H-pyrrole nitrogens is 1. The highest BCUT2D eigenvalue weighted by atomic mass is 16.5. The number of hydrogen-bond donors (Lipinski definition) is 3. The minimum atomic E-state index is -0.515. The second kappa shape index (κ2) is 6.54. The molecular formula is C19H28N2O2. The molecule has 1 heterocycles. The van der Waals surface area contributed by atoms with Gasteiger partial charge in [-0.3, -0.25) is 0 Å². The van der Waals surface area contributed by atoms with Crippen LogP contribution in [0.4, 0.5) is 0 Å². The number of benzene rings is 1. The maximum absolute atomic E-state index is 10.1. The number of aliphatic hydroxyl groups excluding tert-OH is 1. The molecule has 0 saturated heterocycles. The van der Waals surface area contributed by atoms with Crippen molar-refractivity contribution in [3.8, 4) is 5.75 Å². The summed E-state index contributed by atoms with van der Waals surface area (Å²) in [5, 5.41) is 14.7. The van der Waals surface area contributed by atoms with E-state index in [0.29, 0.717) is 13.2 Å². The Hall–Kier alpha value is -1.52. The molecule has 126 valence electrons. The van der Waals surface area contributed by atoms with E-state index in [9.17, 15) is 5.11 Å². The van der Waals surface area contributed by atoms with Crippen LogP contribution in [0.3, 0.4) is 0 Å². The Bertz CT molecular complexity index is 670. The molecule has 1 aromatic carbocycles. The Labute approximate surface area is 138 Å². The fraction of sp³-hybridized carbons (Fsp3) is 0.579. The van der Waals surface area contributed by atoms with Crippen LogP contribution >= 0.6 is 0 Å². The number of aromatic amines is 1. The first kappa shape index (κ1) is 16.3. The van der Waals surface area contributed by atoms with Gasteiger partial charge in [0.1, 0.15) is 18.5 Å². The zero-order valence-electron chi connectivity index (χ0n) is 14.4. The molecule has 4 heteroatoms. The Morgan fingerprint density at radius 1 is 1.26 bits per heavy atom. The number of hydrogen-bond acceptors (Lipinski definition) is 3. The van der Waals surface area contributed by atoms with Gasteiger partial charge in [-0.2, -0.15) is 0 Å². The van der Waals surface area contributed by atoms with E-state index in [2.05, 4.69) is 37.1 Å². The number of aryl methyl sites for hydroxylation is 2. The molecule has 23 heavy (non-hydrogen) atoms. The van der Waals surface area contributed by atoms with Crippen molar-refractivity contribution in [2.24, 2.45) is 0 Å². The molecule has 3 N–H and O–H groups in total.